The highest BCUT2D eigenvalue weighted by molar-refractivity contribution is 5.96. The van der Waals surface area contributed by atoms with E-state index in [1.807, 2.05) is 87.7 Å². The van der Waals surface area contributed by atoms with Crippen LogP contribution in [0.5, 0.6) is 0 Å². The fourth-order valence-electron chi connectivity index (χ4n) is 3.77. The number of carbonyl (C=O) groups is 2. The number of rotatable bonds is 2. The Morgan fingerprint density at radius 2 is 1.04 bits per heavy atom. The summed E-state index contributed by atoms with van der Waals surface area (Å²) in [6.07, 6.45) is 0. The molecule has 0 radical (unpaired) electrons. The molecule has 1 aliphatic rings. The van der Waals surface area contributed by atoms with Gasteiger partial charge in [0, 0.05) is 36.3 Å². The first-order valence-corrected chi connectivity index (χ1v) is 9.95. The van der Waals surface area contributed by atoms with Crippen LogP contribution in [0.3, 0.4) is 0 Å². The normalized spacial score (nSPS) is 19.6. The first-order chi connectivity index (χ1) is 13.2. The number of carbonyl (C=O) groups excluding carboxylic acids is 2. The number of hydrogen-bond acceptors (Lipinski definition) is 2. The van der Waals surface area contributed by atoms with E-state index in [2.05, 4.69) is 0 Å². The van der Waals surface area contributed by atoms with E-state index < -0.39 is 0 Å². The van der Waals surface area contributed by atoms with E-state index in [1.165, 1.54) is 11.1 Å². The highest BCUT2D eigenvalue weighted by atomic mass is 16.2. The number of benzene rings is 2. The lowest BCUT2D eigenvalue weighted by atomic mass is 10.0. The Kier molecular flexibility index (Phi) is 5.59. The van der Waals surface area contributed by atoms with E-state index in [-0.39, 0.29) is 23.9 Å². The second-order valence-electron chi connectivity index (χ2n) is 8.21. The first kappa shape index (κ1) is 20.1. The molecule has 0 N–H and O–H groups in total. The van der Waals surface area contributed by atoms with Gasteiger partial charge in [0.15, 0.2) is 0 Å². The van der Waals surface area contributed by atoms with Gasteiger partial charge in [0.2, 0.25) is 0 Å². The van der Waals surface area contributed by atoms with Gasteiger partial charge < -0.3 is 9.80 Å². The molecule has 1 fully saturated rings. The van der Waals surface area contributed by atoms with Crippen LogP contribution in [-0.4, -0.2) is 46.8 Å². The number of aryl methyl sites for hydroxylation is 4. The minimum absolute atomic E-state index is 0.0270. The molecule has 2 aromatic rings. The molecule has 0 saturated carbocycles. The van der Waals surface area contributed by atoms with Gasteiger partial charge in [0.1, 0.15) is 0 Å². The summed E-state index contributed by atoms with van der Waals surface area (Å²) in [6, 6.07) is 11.7. The van der Waals surface area contributed by atoms with E-state index in [0.717, 1.165) is 22.3 Å². The summed E-state index contributed by atoms with van der Waals surface area (Å²) in [5.74, 6) is 0.0847. The molecule has 0 bridgehead atoms. The molecule has 0 unspecified atom stereocenters. The number of nitrogens with zero attached hydrogens (tertiary/aromatic N) is 2. The lowest BCUT2D eigenvalue weighted by Gasteiger charge is -2.44. The molecule has 4 nitrogen and oxygen atoms in total. The van der Waals surface area contributed by atoms with Crippen LogP contribution in [0.1, 0.15) is 56.8 Å². The summed E-state index contributed by atoms with van der Waals surface area (Å²) < 4.78 is 0. The van der Waals surface area contributed by atoms with Gasteiger partial charge in [0.25, 0.3) is 11.8 Å². The SMILES string of the molecule is Cc1ccc(C(=O)N2C[C@H](C)N(C(=O)c3ccc(C)c(C)c3)C[C@H]2C)cc1C. The van der Waals surface area contributed by atoms with Crippen molar-refractivity contribution in [1.82, 2.24) is 9.80 Å². The van der Waals surface area contributed by atoms with Crippen molar-refractivity contribution >= 4 is 11.8 Å². The lowest BCUT2D eigenvalue weighted by molar-refractivity contribution is 0.0270. The zero-order chi connectivity index (χ0) is 20.6. The second kappa shape index (κ2) is 7.78. The third-order valence-corrected chi connectivity index (χ3v) is 6.02. The second-order valence-corrected chi connectivity index (χ2v) is 8.21. The number of hydrogen-bond donors (Lipinski definition) is 0. The van der Waals surface area contributed by atoms with Crippen LogP contribution in [0, 0.1) is 27.7 Å². The highest BCUT2D eigenvalue weighted by Gasteiger charge is 2.35. The molecular formula is C24H30N2O2. The minimum Gasteiger partial charge on any atom is -0.332 e. The summed E-state index contributed by atoms with van der Waals surface area (Å²) in [7, 11) is 0. The molecule has 0 aliphatic carbocycles. The molecule has 4 heteroatoms. The van der Waals surface area contributed by atoms with Crippen LogP contribution < -0.4 is 0 Å². The van der Waals surface area contributed by atoms with Gasteiger partial charge in [-0.2, -0.15) is 0 Å². The van der Waals surface area contributed by atoms with Gasteiger partial charge in [-0.3, -0.25) is 9.59 Å². The van der Waals surface area contributed by atoms with Crippen molar-refractivity contribution in [3.05, 3.63) is 69.8 Å². The third kappa shape index (κ3) is 3.82. The predicted molar refractivity (Wildman–Crippen MR) is 113 cm³/mol. The summed E-state index contributed by atoms with van der Waals surface area (Å²) in [6.45, 7) is 13.3. The van der Waals surface area contributed by atoms with Gasteiger partial charge in [0.05, 0.1) is 0 Å². The van der Waals surface area contributed by atoms with Gasteiger partial charge in [-0.1, -0.05) is 12.1 Å². The lowest BCUT2D eigenvalue weighted by Crippen LogP contribution is -2.59. The van der Waals surface area contributed by atoms with Gasteiger partial charge in [-0.15, -0.1) is 0 Å². The Hall–Kier alpha value is -2.62. The van der Waals surface area contributed by atoms with E-state index in [4.69, 9.17) is 0 Å². The molecule has 0 aromatic heterocycles. The topological polar surface area (TPSA) is 40.6 Å². The Balaban J connectivity index is 1.77. The molecule has 0 spiro atoms. The molecule has 3 rings (SSSR count). The van der Waals surface area contributed by atoms with Crippen molar-refractivity contribution in [3.8, 4) is 0 Å². The van der Waals surface area contributed by atoms with Gasteiger partial charge in [-0.05, 0) is 88.1 Å². The Bertz CT molecular complexity index is 843. The van der Waals surface area contributed by atoms with Crippen LogP contribution in [-0.2, 0) is 0 Å². The molecule has 1 heterocycles. The van der Waals surface area contributed by atoms with Crippen LogP contribution in [0.25, 0.3) is 0 Å². The van der Waals surface area contributed by atoms with E-state index in [0.29, 0.717) is 13.1 Å². The Labute approximate surface area is 168 Å². The summed E-state index contributed by atoms with van der Waals surface area (Å²) in [5.41, 5.74) is 6.04. The minimum atomic E-state index is -0.0270. The zero-order valence-electron chi connectivity index (χ0n) is 17.7. The molecule has 28 heavy (non-hydrogen) atoms. The van der Waals surface area contributed by atoms with Crippen LogP contribution in [0.4, 0.5) is 0 Å². The highest BCUT2D eigenvalue weighted by Crippen LogP contribution is 2.22. The maximum atomic E-state index is 13.1. The Morgan fingerprint density at radius 3 is 1.36 bits per heavy atom. The average Bonchev–Trinajstić information content (AvgIpc) is 2.66. The molecule has 2 amide bonds. The number of amides is 2. The van der Waals surface area contributed by atoms with Crippen molar-refractivity contribution in [2.24, 2.45) is 0 Å². The summed E-state index contributed by atoms with van der Waals surface area (Å²) in [4.78, 5) is 29.9. The third-order valence-electron chi connectivity index (χ3n) is 6.02. The van der Waals surface area contributed by atoms with Crippen molar-refractivity contribution < 1.29 is 9.59 Å². The standard InChI is InChI=1S/C24H30N2O2/c1-15-7-9-21(11-17(15)3)23(27)25-13-20(6)26(14-19(25)5)24(28)22-10-8-16(2)18(4)12-22/h7-12,19-20H,13-14H2,1-6H3/t19-,20+. The van der Waals surface area contributed by atoms with Crippen molar-refractivity contribution in [1.29, 1.82) is 0 Å². The van der Waals surface area contributed by atoms with Crippen molar-refractivity contribution in [2.45, 2.75) is 53.6 Å². The van der Waals surface area contributed by atoms with Crippen LogP contribution in [0.15, 0.2) is 36.4 Å². The summed E-state index contributed by atoms with van der Waals surface area (Å²) in [5, 5.41) is 0. The average molecular weight is 379 g/mol. The maximum Gasteiger partial charge on any atom is 0.254 e. The Morgan fingerprint density at radius 1 is 0.679 bits per heavy atom. The molecule has 1 saturated heterocycles. The first-order valence-electron chi connectivity index (χ1n) is 9.95. The maximum absolute atomic E-state index is 13.1. The zero-order valence-corrected chi connectivity index (χ0v) is 17.7. The van der Waals surface area contributed by atoms with E-state index in [1.54, 1.807) is 0 Å². The molecule has 1 aliphatic heterocycles. The molecular weight excluding hydrogens is 348 g/mol. The fourth-order valence-corrected chi connectivity index (χ4v) is 3.77. The summed E-state index contributed by atoms with van der Waals surface area (Å²) >= 11 is 0. The smallest absolute Gasteiger partial charge is 0.254 e. The number of piperazine rings is 1. The quantitative estimate of drug-likeness (QED) is 0.782. The van der Waals surface area contributed by atoms with Crippen molar-refractivity contribution in [2.75, 3.05) is 13.1 Å². The van der Waals surface area contributed by atoms with E-state index in [9.17, 15) is 9.59 Å². The van der Waals surface area contributed by atoms with Gasteiger partial charge in [-0.25, -0.2) is 0 Å². The fraction of sp³-hybridized carbons (Fsp3) is 0.417. The molecule has 2 atom stereocenters. The van der Waals surface area contributed by atoms with E-state index >= 15 is 0 Å². The monoisotopic (exact) mass is 378 g/mol. The van der Waals surface area contributed by atoms with Crippen LogP contribution >= 0.6 is 0 Å². The molecule has 2 aromatic carbocycles. The largest absolute Gasteiger partial charge is 0.332 e. The van der Waals surface area contributed by atoms with Crippen LogP contribution in [0.2, 0.25) is 0 Å². The van der Waals surface area contributed by atoms with Crippen molar-refractivity contribution in [3.63, 3.8) is 0 Å². The van der Waals surface area contributed by atoms with Gasteiger partial charge >= 0.3 is 0 Å². The molecule has 148 valence electrons. The predicted octanol–water partition coefficient (Wildman–Crippen LogP) is 4.30.